The van der Waals surface area contributed by atoms with Crippen molar-refractivity contribution < 1.29 is 19.0 Å². The number of thioether (sulfide) groups is 1. The lowest BCUT2D eigenvalue weighted by molar-refractivity contribution is -0.117. The number of fused-ring (bicyclic) bond motifs is 1. The Bertz CT molecular complexity index is 1090. The predicted molar refractivity (Wildman–Crippen MR) is 122 cm³/mol. The minimum Gasteiger partial charge on any atom is -0.497 e. The third-order valence-electron chi connectivity index (χ3n) is 4.61. The van der Waals surface area contributed by atoms with E-state index in [2.05, 4.69) is 34.0 Å². The summed E-state index contributed by atoms with van der Waals surface area (Å²) in [6.45, 7) is 3.84. The zero-order valence-electron chi connectivity index (χ0n) is 17.6. The van der Waals surface area contributed by atoms with Gasteiger partial charge < -0.3 is 18.8 Å². The van der Waals surface area contributed by atoms with Crippen molar-refractivity contribution >= 4 is 39.2 Å². The molecule has 1 amide bonds. The van der Waals surface area contributed by atoms with E-state index < -0.39 is 0 Å². The molecule has 3 aromatic rings. The maximum atomic E-state index is 12.8. The molecule has 6 nitrogen and oxygen atoms in total. The van der Waals surface area contributed by atoms with Gasteiger partial charge in [0.2, 0.25) is 0 Å². The summed E-state index contributed by atoms with van der Waals surface area (Å²) in [6.07, 6.45) is 2.21. The predicted octanol–water partition coefficient (Wildman–Crippen LogP) is 4.15. The van der Waals surface area contributed by atoms with Crippen molar-refractivity contribution in [2.45, 2.75) is 24.8 Å². The Morgan fingerprint density at radius 3 is 2.70 bits per heavy atom. The lowest BCUT2D eigenvalue weighted by atomic mass is 10.1. The van der Waals surface area contributed by atoms with Gasteiger partial charge in [-0.3, -0.25) is 4.79 Å². The van der Waals surface area contributed by atoms with Crippen LogP contribution in [-0.2, 0) is 22.5 Å². The number of aromatic nitrogens is 1. The summed E-state index contributed by atoms with van der Waals surface area (Å²) in [7, 11) is 3.18. The number of benzene rings is 2. The molecule has 8 heteroatoms. The highest BCUT2D eigenvalue weighted by molar-refractivity contribution is 7.98. The van der Waals surface area contributed by atoms with Crippen LogP contribution in [-0.4, -0.2) is 44.2 Å². The van der Waals surface area contributed by atoms with Crippen LogP contribution in [0.1, 0.15) is 12.5 Å². The molecule has 0 saturated carbocycles. The Morgan fingerprint density at radius 2 is 2.00 bits per heavy atom. The molecule has 0 fully saturated rings. The second-order valence-electron chi connectivity index (χ2n) is 6.43. The van der Waals surface area contributed by atoms with Crippen molar-refractivity contribution in [1.29, 1.82) is 0 Å². The van der Waals surface area contributed by atoms with E-state index in [9.17, 15) is 4.79 Å². The normalized spacial score (nSPS) is 11.8. The molecule has 160 valence electrons. The van der Waals surface area contributed by atoms with E-state index in [4.69, 9.17) is 14.2 Å². The van der Waals surface area contributed by atoms with E-state index in [0.29, 0.717) is 36.1 Å². The van der Waals surface area contributed by atoms with Crippen LogP contribution in [0, 0.1) is 0 Å². The molecule has 0 saturated heterocycles. The number of rotatable bonds is 9. The highest BCUT2D eigenvalue weighted by Gasteiger charge is 2.12. The maximum absolute atomic E-state index is 12.8. The summed E-state index contributed by atoms with van der Waals surface area (Å²) in [5.74, 6) is 1.08. The highest BCUT2D eigenvalue weighted by Crippen LogP contribution is 2.26. The molecule has 0 unspecified atom stereocenters. The van der Waals surface area contributed by atoms with Gasteiger partial charge in [0.05, 0.1) is 37.5 Å². The Hall–Kier alpha value is -2.29. The number of hydrogen-bond acceptors (Lipinski definition) is 6. The van der Waals surface area contributed by atoms with Crippen LogP contribution in [0.25, 0.3) is 10.2 Å². The molecule has 1 aromatic heterocycles. The van der Waals surface area contributed by atoms with Crippen LogP contribution in [0.5, 0.6) is 11.5 Å². The highest BCUT2D eigenvalue weighted by atomic mass is 32.2. The number of nitrogens with zero attached hydrogens (tertiary/aromatic N) is 2. The van der Waals surface area contributed by atoms with E-state index in [0.717, 1.165) is 15.8 Å². The van der Waals surface area contributed by atoms with Crippen LogP contribution in [0.2, 0.25) is 0 Å². The number of carbonyl (C=O) groups is 1. The summed E-state index contributed by atoms with van der Waals surface area (Å²) < 4.78 is 19.3. The zero-order chi connectivity index (χ0) is 21.5. The Balaban J connectivity index is 1.95. The van der Waals surface area contributed by atoms with Gasteiger partial charge >= 0.3 is 0 Å². The van der Waals surface area contributed by atoms with Crippen LogP contribution in [0.15, 0.2) is 46.3 Å². The molecule has 30 heavy (non-hydrogen) atoms. The molecule has 3 rings (SSSR count). The Morgan fingerprint density at radius 1 is 1.17 bits per heavy atom. The molecule has 0 spiro atoms. The lowest BCUT2D eigenvalue weighted by Gasteiger charge is -2.09. The molecule has 2 aromatic carbocycles. The molecule has 0 aliphatic heterocycles. The molecule has 0 aliphatic carbocycles. The number of hydrogen-bond donors (Lipinski definition) is 0. The Kier molecular flexibility index (Phi) is 7.95. The SMILES string of the molecule is CCOCCn1c(=NC(=O)Cc2ccc(OC)cc2OC)sc2cc(SC)ccc21. The van der Waals surface area contributed by atoms with E-state index >= 15 is 0 Å². The largest absolute Gasteiger partial charge is 0.497 e. The zero-order valence-corrected chi connectivity index (χ0v) is 19.3. The number of ether oxygens (including phenoxy) is 3. The number of methoxy groups -OCH3 is 2. The summed E-state index contributed by atoms with van der Waals surface area (Å²) in [5.41, 5.74) is 1.84. The van der Waals surface area contributed by atoms with Crippen LogP contribution >= 0.6 is 23.1 Å². The molecule has 0 radical (unpaired) electrons. The van der Waals surface area contributed by atoms with Crippen molar-refractivity contribution in [3.8, 4) is 11.5 Å². The summed E-state index contributed by atoms with van der Waals surface area (Å²) in [5, 5.41) is 0. The molecule has 0 atom stereocenters. The van der Waals surface area contributed by atoms with Gasteiger partial charge in [0, 0.05) is 29.7 Å². The first-order chi connectivity index (χ1) is 14.6. The van der Waals surface area contributed by atoms with E-state index in [1.807, 2.05) is 19.1 Å². The lowest BCUT2D eigenvalue weighted by Crippen LogP contribution is -2.20. The minimum absolute atomic E-state index is 0.156. The second-order valence-corrected chi connectivity index (χ2v) is 8.32. The number of carbonyl (C=O) groups excluding carboxylic acids is 1. The average molecular weight is 447 g/mol. The van der Waals surface area contributed by atoms with Gasteiger partial charge in [-0.05, 0) is 37.4 Å². The molecule has 0 bridgehead atoms. The summed E-state index contributed by atoms with van der Waals surface area (Å²) in [4.78, 5) is 19.1. The number of thiazole rings is 1. The second kappa shape index (κ2) is 10.7. The van der Waals surface area contributed by atoms with Crippen molar-refractivity contribution in [2.75, 3.05) is 33.7 Å². The van der Waals surface area contributed by atoms with Gasteiger partial charge in [-0.15, -0.1) is 11.8 Å². The monoisotopic (exact) mass is 446 g/mol. The molecular formula is C22H26N2O4S2. The summed E-state index contributed by atoms with van der Waals surface area (Å²) in [6, 6.07) is 11.7. The molecular weight excluding hydrogens is 420 g/mol. The van der Waals surface area contributed by atoms with Gasteiger partial charge in [0.1, 0.15) is 11.5 Å². The van der Waals surface area contributed by atoms with E-state index in [1.165, 1.54) is 16.2 Å². The van der Waals surface area contributed by atoms with Crippen LogP contribution < -0.4 is 14.3 Å². The smallest absolute Gasteiger partial charge is 0.252 e. The third kappa shape index (κ3) is 5.24. The van der Waals surface area contributed by atoms with Gasteiger partial charge in [-0.1, -0.05) is 17.4 Å². The van der Waals surface area contributed by atoms with Gasteiger partial charge in [-0.25, -0.2) is 0 Å². The summed E-state index contributed by atoms with van der Waals surface area (Å²) >= 11 is 3.22. The van der Waals surface area contributed by atoms with Crippen LogP contribution in [0.4, 0.5) is 0 Å². The topological polar surface area (TPSA) is 62.1 Å². The first kappa shape index (κ1) is 22.4. The quantitative estimate of drug-likeness (QED) is 0.365. The van der Waals surface area contributed by atoms with Crippen LogP contribution in [0.3, 0.4) is 0 Å². The van der Waals surface area contributed by atoms with Crippen molar-refractivity contribution in [3.05, 3.63) is 46.8 Å². The first-order valence-corrected chi connectivity index (χ1v) is 11.7. The Labute approximate surface area is 184 Å². The fraction of sp³-hybridized carbons (Fsp3) is 0.364. The van der Waals surface area contributed by atoms with Gasteiger partial charge in [0.25, 0.3) is 5.91 Å². The van der Waals surface area contributed by atoms with E-state index in [-0.39, 0.29) is 12.3 Å². The fourth-order valence-electron chi connectivity index (χ4n) is 3.09. The van der Waals surface area contributed by atoms with Crippen molar-refractivity contribution in [2.24, 2.45) is 4.99 Å². The molecule has 1 heterocycles. The molecule has 0 aliphatic rings. The van der Waals surface area contributed by atoms with E-state index in [1.54, 1.807) is 32.0 Å². The maximum Gasteiger partial charge on any atom is 0.252 e. The fourth-order valence-corrected chi connectivity index (χ4v) is 4.72. The van der Waals surface area contributed by atoms with Gasteiger partial charge in [-0.2, -0.15) is 4.99 Å². The number of amides is 1. The third-order valence-corrected chi connectivity index (χ3v) is 6.38. The molecule has 0 N–H and O–H groups in total. The first-order valence-electron chi connectivity index (χ1n) is 9.63. The van der Waals surface area contributed by atoms with Gasteiger partial charge in [0.15, 0.2) is 4.80 Å². The van der Waals surface area contributed by atoms with Crippen molar-refractivity contribution in [3.63, 3.8) is 0 Å². The van der Waals surface area contributed by atoms with Crippen molar-refractivity contribution in [1.82, 2.24) is 4.57 Å². The standard InChI is InChI=1S/C22H26N2O4S2/c1-5-28-11-10-24-18-9-8-17(29-4)14-20(18)30-22(24)23-21(25)12-15-6-7-16(26-2)13-19(15)27-3/h6-9,13-14H,5,10-12H2,1-4H3. The minimum atomic E-state index is -0.222. The average Bonchev–Trinajstić information content (AvgIpc) is 3.10.